The van der Waals surface area contributed by atoms with E-state index in [1.54, 1.807) is 0 Å². The predicted molar refractivity (Wildman–Crippen MR) is 69.6 cm³/mol. The molecule has 18 heavy (non-hydrogen) atoms. The molecule has 5 heteroatoms. The Kier molecular flexibility index (Phi) is 4.93. The van der Waals surface area contributed by atoms with E-state index in [4.69, 9.17) is 15.3 Å². The monoisotopic (exact) mass is 254 g/mol. The lowest BCUT2D eigenvalue weighted by atomic mass is 9.90. The van der Waals surface area contributed by atoms with Crippen molar-refractivity contribution < 1.29 is 14.3 Å². The van der Waals surface area contributed by atoms with E-state index in [0.29, 0.717) is 19.5 Å². The number of carbonyl (C=O) groups is 1. The first-order chi connectivity index (χ1) is 8.33. The summed E-state index contributed by atoms with van der Waals surface area (Å²) in [5.74, 6) is 0.860. The highest BCUT2D eigenvalue weighted by Gasteiger charge is 2.23. The minimum absolute atomic E-state index is 0.123. The zero-order valence-electron chi connectivity index (χ0n) is 11.2. The van der Waals surface area contributed by atoms with E-state index in [-0.39, 0.29) is 5.41 Å². The quantitative estimate of drug-likeness (QED) is 0.637. The highest BCUT2D eigenvalue weighted by atomic mass is 16.4. The number of aliphatic carboxylic acids is 1. The van der Waals surface area contributed by atoms with Gasteiger partial charge < -0.3 is 20.6 Å². The first-order valence-electron chi connectivity index (χ1n) is 6.09. The molecule has 0 aliphatic rings. The van der Waals surface area contributed by atoms with Gasteiger partial charge in [-0.3, -0.25) is 4.79 Å². The molecule has 0 fully saturated rings. The van der Waals surface area contributed by atoms with Crippen molar-refractivity contribution in [1.29, 1.82) is 0 Å². The molecule has 1 aromatic heterocycles. The number of carboxylic acid groups (broad SMARTS) is 1. The molecule has 4 N–H and O–H groups in total. The van der Waals surface area contributed by atoms with Crippen LogP contribution in [0.15, 0.2) is 16.5 Å². The maximum atomic E-state index is 10.5. The van der Waals surface area contributed by atoms with E-state index in [1.807, 2.05) is 19.1 Å². The number of rotatable bonds is 7. The lowest BCUT2D eigenvalue weighted by molar-refractivity contribution is -0.138. The molecule has 0 radical (unpaired) electrons. The standard InChI is InChI=1S/C13H22N2O3/c1-9-4-5-11(18-9)13(2,3)8-15-7-6-10(14)12(16)17/h4-5,10,15H,6-8,14H2,1-3H3,(H,16,17). The van der Waals surface area contributed by atoms with Gasteiger partial charge in [0, 0.05) is 12.0 Å². The van der Waals surface area contributed by atoms with Crippen molar-refractivity contribution in [3.63, 3.8) is 0 Å². The third-order valence-electron chi connectivity index (χ3n) is 2.92. The molecule has 0 bridgehead atoms. The van der Waals surface area contributed by atoms with Gasteiger partial charge in [-0.15, -0.1) is 0 Å². The Hall–Kier alpha value is -1.33. The van der Waals surface area contributed by atoms with Crippen LogP contribution < -0.4 is 11.1 Å². The topological polar surface area (TPSA) is 88.5 Å². The fraction of sp³-hybridized carbons (Fsp3) is 0.615. The Labute approximate surface area is 107 Å². The van der Waals surface area contributed by atoms with Gasteiger partial charge in [-0.05, 0) is 32.0 Å². The summed E-state index contributed by atoms with van der Waals surface area (Å²) in [6, 6.07) is 3.11. The molecule has 0 aliphatic carbocycles. The predicted octanol–water partition coefficient (Wildman–Crippen LogP) is 1.26. The molecule has 0 saturated carbocycles. The molecule has 1 atom stereocenters. The van der Waals surface area contributed by atoms with E-state index < -0.39 is 12.0 Å². The first-order valence-corrected chi connectivity index (χ1v) is 6.09. The normalized spacial score (nSPS) is 13.6. The van der Waals surface area contributed by atoms with Crippen LogP contribution in [0, 0.1) is 6.92 Å². The van der Waals surface area contributed by atoms with Gasteiger partial charge in [0.15, 0.2) is 0 Å². The molecule has 1 aromatic rings. The fourth-order valence-corrected chi connectivity index (χ4v) is 1.67. The van der Waals surface area contributed by atoms with Crippen LogP contribution in [0.2, 0.25) is 0 Å². The van der Waals surface area contributed by atoms with Crippen LogP contribution in [-0.4, -0.2) is 30.2 Å². The largest absolute Gasteiger partial charge is 0.480 e. The Morgan fingerprint density at radius 1 is 1.56 bits per heavy atom. The van der Waals surface area contributed by atoms with E-state index in [1.165, 1.54) is 0 Å². The molecular formula is C13H22N2O3. The van der Waals surface area contributed by atoms with Crippen molar-refractivity contribution in [2.75, 3.05) is 13.1 Å². The zero-order valence-corrected chi connectivity index (χ0v) is 11.2. The molecule has 0 saturated heterocycles. The second-order valence-electron chi connectivity index (χ2n) is 5.20. The van der Waals surface area contributed by atoms with Gasteiger partial charge in [-0.25, -0.2) is 0 Å². The second kappa shape index (κ2) is 6.02. The number of hydrogen-bond acceptors (Lipinski definition) is 4. The summed E-state index contributed by atoms with van der Waals surface area (Å²) >= 11 is 0. The van der Waals surface area contributed by atoms with E-state index >= 15 is 0 Å². The molecular weight excluding hydrogens is 232 g/mol. The number of aryl methyl sites for hydroxylation is 1. The van der Waals surface area contributed by atoms with Crippen LogP contribution in [-0.2, 0) is 10.2 Å². The number of nitrogens with one attached hydrogen (secondary N) is 1. The van der Waals surface area contributed by atoms with Gasteiger partial charge in [0.1, 0.15) is 17.6 Å². The van der Waals surface area contributed by atoms with Gasteiger partial charge in [0.25, 0.3) is 0 Å². The van der Waals surface area contributed by atoms with Gasteiger partial charge >= 0.3 is 5.97 Å². The number of hydrogen-bond donors (Lipinski definition) is 3. The minimum Gasteiger partial charge on any atom is -0.480 e. The Morgan fingerprint density at radius 3 is 2.72 bits per heavy atom. The Bertz CT molecular complexity index is 399. The maximum absolute atomic E-state index is 10.5. The molecule has 1 rings (SSSR count). The van der Waals surface area contributed by atoms with Crippen molar-refractivity contribution in [1.82, 2.24) is 5.32 Å². The van der Waals surface area contributed by atoms with Crippen LogP contribution in [0.4, 0.5) is 0 Å². The third kappa shape index (κ3) is 4.16. The Morgan fingerprint density at radius 2 is 2.22 bits per heavy atom. The van der Waals surface area contributed by atoms with Crippen molar-refractivity contribution in [3.8, 4) is 0 Å². The summed E-state index contributed by atoms with van der Waals surface area (Å²) in [6.45, 7) is 7.37. The smallest absolute Gasteiger partial charge is 0.320 e. The first kappa shape index (κ1) is 14.7. The van der Waals surface area contributed by atoms with Gasteiger partial charge in [-0.2, -0.15) is 0 Å². The van der Waals surface area contributed by atoms with E-state index in [2.05, 4.69) is 19.2 Å². The van der Waals surface area contributed by atoms with Crippen LogP contribution in [0.25, 0.3) is 0 Å². The third-order valence-corrected chi connectivity index (χ3v) is 2.92. The molecule has 1 unspecified atom stereocenters. The van der Waals surface area contributed by atoms with Gasteiger partial charge in [-0.1, -0.05) is 13.8 Å². The van der Waals surface area contributed by atoms with Crippen molar-refractivity contribution in [3.05, 3.63) is 23.7 Å². The summed E-state index contributed by atoms with van der Waals surface area (Å²) in [6.07, 6.45) is 0.419. The average Bonchev–Trinajstić information content (AvgIpc) is 2.71. The lowest BCUT2D eigenvalue weighted by Gasteiger charge is -2.23. The summed E-state index contributed by atoms with van der Waals surface area (Å²) < 4.78 is 5.61. The molecule has 1 heterocycles. The van der Waals surface area contributed by atoms with Crippen LogP contribution >= 0.6 is 0 Å². The molecule has 0 aliphatic heterocycles. The number of furan rings is 1. The lowest BCUT2D eigenvalue weighted by Crippen LogP contribution is -2.37. The van der Waals surface area contributed by atoms with Gasteiger partial charge in [0.05, 0.1) is 0 Å². The molecule has 102 valence electrons. The summed E-state index contributed by atoms with van der Waals surface area (Å²) in [5, 5.41) is 11.9. The molecule has 0 aromatic carbocycles. The van der Waals surface area contributed by atoms with Crippen molar-refractivity contribution in [2.24, 2.45) is 5.73 Å². The van der Waals surface area contributed by atoms with Crippen LogP contribution in [0.5, 0.6) is 0 Å². The van der Waals surface area contributed by atoms with Crippen molar-refractivity contribution >= 4 is 5.97 Å². The summed E-state index contributed by atoms with van der Waals surface area (Å²) in [4.78, 5) is 10.5. The number of nitrogens with two attached hydrogens (primary N) is 1. The highest BCUT2D eigenvalue weighted by Crippen LogP contribution is 2.24. The van der Waals surface area contributed by atoms with Crippen molar-refractivity contribution in [2.45, 2.75) is 38.6 Å². The molecule has 5 nitrogen and oxygen atoms in total. The Balaban J connectivity index is 2.36. The fourth-order valence-electron chi connectivity index (χ4n) is 1.67. The maximum Gasteiger partial charge on any atom is 0.320 e. The highest BCUT2D eigenvalue weighted by molar-refractivity contribution is 5.72. The average molecular weight is 254 g/mol. The van der Waals surface area contributed by atoms with Crippen LogP contribution in [0.3, 0.4) is 0 Å². The van der Waals surface area contributed by atoms with Gasteiger partial charge in [0.2, 0.25) is 0 Å². The zero-order chi connectivity index (χ0) is 13.8. The van der Waals surface area contributed by atoms with Crippen LogP contribution in [0.1, 0.15) is 31.8 Å². The van der Waals surface area contributed by atoms with E-state index in [9.17, 15) is 4.79 Å². The summed E-state index contributed by atoms with van der Waals surface area (Å²) in [5.41, 5.74) is 5.30. The summed E-state index contributed by atoms with van der Waals surface area (Å²) in [7, 11) is 0. The molecule has 0 spiro atoms. The minimum atomic E-state index is -0.960. The second-order valence-corrected chi connectivity index (χ2v) is 5.20. The molecule has 0 amide bonds. The number of carboxylic acids is 1. The SMILES string of the molecule is Cc1ccc(C(C)(C)CNCCC(N)C(=O)O)o1. The van der Waals surface area contributed by atoms with E-state index in [0.717, 1.165) is 11.5 Å².